The molecule has 0 heterocycles. The Balaban J connectivity index is 0.000000608. The van der Waals surface area contributed by atoms with Crippen LogP contribution < -0.4 is 15.3 Å². The molecule has 43 heavy (non-hydrogen) atoms. The minimum atomic E-state index is -1.30. The van der Waals surface area contributed by atoms with E-state index >= 15 is 0 Å². The van der Waals surface area contributed by atoms with Crippen LogP contribution in [0.3, 0.4) is 0 Å². The minimum Gasteiger partial charge on any atom is -0.549 e. The van der Waals surface area contributed by atoms with E-state index in [1.807, 2.05) is 54.6 Å². The summed E-state index contributed by atoms with van der Waals surface area (Å²) in [5, 5.41) is 31.8. The average Bonchev–Trinajstić information content (AvgIpc) is 2.94. The number of hydrogen-bond donors (Lipinski definition) is 0. The predicted molar refractivity (Wildman–Crippen MR) is 154 cm³/mol. The van der Waals surface area contributed by atoms with Gasteiger partial charge in [-0.25, -0.2) is 0 Å². The number of carbonyl (C=O) groups is 6. The molecular weight excluding hydrogens is 567 g/mol. The Morgan fingerprint density at radius 1 is 0.442 bits per heavy atom. The fraction of sp³-hybridized carbons (Fsp3) is 0.273. The second-order valence-electron chi connectivity index (χ2n) is 9.52. The van der Waals surface area contributed by atoms with E-state index in [2.05, 4.69) is 0 Å². The zero-order chi connectivity index (χ0) is 31.7. The van der Waals surface area contributed by atoms with E-state index in [9.17, 15) is 44.1 Å². The molecule has 0 saturated carbocycles. The van der Waals surface area contributed by atoms with Crippen LogP contribution in [0.2, 0.25) is 0 Å². The first-order chi connectivity index (χ1) is 19.8. The Bertz CT molecular complexity index is 1120. The predicted octanol–water partition coefficient (Wildman–Crippen LogP) is 0.172. The number of carboxylic acid groups (broad SMARTS) is 3. The zero-order valence-electron chi connectivity index (χ0n) is 24.3. The van der Waals surface area contributed by atoms with Gasteiger partial charge in [0.1, 0.15) is 17.3 Å². The van der Waals surface area contributed by atoms with Crippen LogP contribution >= 0.6 is 0 Å². The normalized spacial score (nSPS) is 11.8. The summed E-state index contributed by atoms with van der Waals surface area (Å²) in [4.78, 5) is 64.7. The van der Waals surface area contributed by atoms with Crippen LogP contribution in [-0.4, -0.2) is 52.6 Å². The molecule has 3 atom stereocenters. The van der Waals surface area contributed by atoms with E-state index in [1.54, 1.807) is 36.4 Å². The summed E-state index contributed by atoms with van der Waals surface area (Å²) < 4.78 is 0. The van der Waals surface area contributed by atoms with Gasteiger partial charge in [-0.2, -0.15) is 0 Å². The smallest absolute Gasteiger partial charge is 0.549 e. The number of carboxylic acids is 3. The molecule has 10 heteroatoms. The SMILES string of the molecule is CC(=O)C(Cc1ccccc1)C(=O)[O-].CC(=O)C(Cc1ccccc1)C(=O)[O-].CC(=O)C(Cc1ccccc1)C(=O)[O-].[Al+3]. The van der Waals surface area contributed by atoms with Crippen LogP contribution in [0, 0.1) is 17.8 Å². The Hall–Kier alpha value is -4.39. The van der Waals surface area contributed by atoms with Crippen molar-refractivity contribution in [3.63, 3.8) is 0 Å². The van der Waals surface area contributed by atoms with E-state index < -0.39 is 35.7 Å². The molecule has 0 amide bonds. The summed E-state index contributed by atoms with van der Waals surface area (Å²) in [6.07, 6.45) is 0.621. The van der Waals surface area contributed by atoms with Gasteiger partial charge >= 0.3 is 17.4 Å². The van der Waals surface area contributed by atoms with Crippen molar-refractivity contribution in [2.45, 2.75) is 40.0 Å². The Labute approximate surface area is 261 Å². The molecule has 0 aliphatic heterocycles. The molecule has 0 N–H and O–H groups in total. The summed E-state index contributed by atoms with van der Waals surface area (Å²) in [6, 6.07) is 27.1. The molecule has 3 aromatic carbocycles. The third-order valence-corrected chi connectivity index (χ3v) is 6.17. The molecule has 3 rings (SSSR count). The van der Waals surface area contributed by atoms with E-state index in [0.717, 1.165) is 16.7 Å². The molecule has 0 aliphatic carbocycles. The van der Waals surface area contributed by atoms with Crippen molar-refractivity contribution in [2.75, 3.05) is 0 Å². The van der Waals surface area contributed by atoms with Gasteiger partial charge in [0.15, 0.2) is 0 Å². The number of aliphatic carboxylic acids is 3. The maximum absolute atomic E-state index is 11.0. The zero-order valence-corrected chi connectivity index (χ0v) is 25.4. The monoisotopic (exact) mass is 600 g/mol. The topological polar surface area (TPSA) is 172 Å². The second-order valence-corrected chi connectivity index (χ2v) is 9.52. The largest absolute Gasteiger partial charge is 3.00 e. The quantitative estimate of drug-likeness (QED) is 0.208. The number of Topliss-reactive ketones (excluding diaryl/α,β-unsaturated/α-hetero) is 3. The van der Waals surface area contributed by atoms with Gasteiger partial charge in [-0.05, 0) is 56.7 Å². The molecule has 0 aromatic heterocycles. The number of carbonyl (C=O) groups excluding carboxylic acids is 6. The third-order valence-electron chi connectivity index (χ3n) is 6.17. The van der Waals surface area contributed by atoms with E-state index in [1.165, 1.54) is 20.8 Å². The molecule has 0 saturated heterocycles. The van der Waals surface area contributed by atoms with Gasteiger partial charge in [-0.15, -0.1) is 0 Å². The van der Waals surface area contributed by atoms with Gasteiger partial charge in [0.2, 0.25) is 0 Å². The number of ketones is 3. The van der Waals surface area contributed by atoms with Crippen LogP contribution in [0.5, 0.6) is 0 Å². The average molecular weight is 601 g/mol. The van der Waals surface area contributed by atoms with Gasteiger partial charge < -0.3 is 29.7 Å². The van der Waals surface area contributed by atoms with Crippen LogP contribution in [0.15, 0.2) is 91.0 Å². The molecule has 0 spiro atoms. The van der Waals surface area contributed by atoms with Crippen molar-refractivity contribution in [3.05, 3.63) is 108 Å². The summed E-state index contributed by atoms with van der Waals surface area (Å²) in [7, 11) is 0. The molecule has 0 radical (unpaired) electrons. The Morgan fingerprint density at radius 2 is 0.628 bits per heavy atom. The molecule has 0 aliphatic rings. The van der Waals surface area contributed by atoms with Crippen LogP contribution in [0.25, 0.3) is 0 Å². The van der Waals surface area contributed by atoms with Gasteiger partial charge in [-0.1, -0.05) is 91.0 Å². The van der Waals surface area contributed by atoms with E-state index in [0.29, 0.717) is 0 Å². The van der Waals surface area contributed by atoms with Crippen molar-refractivity contribution in [3.8, 4) is 0 Å². The van der Waals surface area contributed by atoms with Crippen molar-refractivity contribution >= 4 is 52.6 Å². The van der Waals surface area contributed by atoms with Gasteiger partial charge in [0.05, 0.1) is 35.7 Å². The summed E-state index contributed by atoms with van der Waals surface area (Å²) in [6.45, 7) is 3.80. The summed E-state index contributed by atoms with van der Waals surface area (Å²) >= 11 is 0. The fourth-order valence-corrected chi connectivity index (χ4v) is 3.73. The molecule has 222 valence electrons. The maximum Gasteiger partial charge on any atom is 3.00 e. The standard InChI is InChI=1S/3C11H12O3.Al/c3*1-8(12)10(11(13)14)7-9-5-3-2-4-6-9;/h3*2-6,10H,7H2,1H3,(H,13,14);/q;;;+3/p-3. The van der Waals surface area contributed by atoms with Crippen LogP contribution in [0.4, 0.5) is 0 Å². The van der Waals surface area contributed by atoms with Crippen LogP contribution in [-0.2, 0) is 48.0 Å². The maximum atomic E-state index is 11.0. The summed E-state index contributed by atoms with van der Waals surface area (Å²) in [5.41, 5.74) is 2.49. The van der Waals surface area contributed by atoms with Crippen LogP contribution in [0.1, 0.15) is 37.5 Å². The first-order valence-corrected chi connectivity index (χ1v) is 13.1. The fourth-order valence-electron chi connectivity index (χ4n) is 3.73. The molecule has 0 fully saturated rings. The van der Waals surface area contributed by atoms with Gasteiger partial charge in [0, 0.05) is 0 Å². The Morgan fingerprint density at radius 3 is 0.767 bits per heavy atom. The van der Waals surface area contributed by atoms with Gasteiger partial charge in [0.25, 0.3) is 0 Å². The van der Waals surface area contributed by atoms with Crippen molar-refractivity contribution in [1.82, 2.24) is 0 Å². The molecule has 3 aromatic rings. The van der Waals surface area contributed by atoms with E-state index in [4.69, 9.17) is 0 Å². The van der Waals surface area contributed by atoms with Crippen molar-refractivity contribution < 1.29 is 44.1 Å². The Kier molecular flexibility index (Phi) is 18.4. The number of benzene rings is 3. The first kappa shape index (κ1) is 38.6. The van der Waals surface area contributed by atoms with E-state index in [-0.39, 0.29) is 54.0 Å². The molecule has 0 bridgehead atoms. The molecule has 3 unspecified atom stereocenters. The first-order valence-electron chi connectivity index (χ1n) is 13.1. The number of hydrogen-bond acceptors (Lipinski definition) is 9. The molecular formula is C33H33AlO9. The van der Waals surface area contributed by atoms with Gasteiger partial charge in [-0.3, -0.25) is 14.4 Å². The van der Waals surface area contributed by atoms with Crippen molar-refractivity contribution in [2.24, 2.45) is 17.8 Å². The minimum absolute atomic E-state index is 0. The summed E-state index contributed by atoms with van der Waals surface area (Å²) in [5.74, 6) is -8.10. The second kappa shape index (κ2) is 20.5. The van der Waals surface area contributed by atoms with Crippen molar-refractivity contribution in [1.29, 1.82) is 0 Å². The third kappa shape index (κ3) is 15.4. The molecule has 9 nitrogen and oxygen atoms in total. The number of rotatable bonds is 12.